The summed E-state index contributed by atoms with van der Waals surface area (Å²) >= 11 is 0. The van der Waals surface area contributed by atoms with Crippen LogP contribution in [0.15, 0.2) is 48.5 Å². The van der Waals surface area contributed by atoms with Gasteiger partial charge >= 0.3 is 23.9 Å². The summed E-state index contributed by atoms with van der Waals surface area (Å²) in [5.74, 6) is -2.46. The molecule has 2 N–H and O–H groups in total. The van der Waals surface area contributed by atoms with Crippen molar-refractivity contribution < 1.29 is 38.5 Å². The highest BCUT2D eigenvalue weighted by Crippen LogP contribution is 2.34. The summed E-state index contributed by atoms with van der Waals surface area (Å²) in [5, 5.41) is 12.7. The Morgan fingerprint density at radius 3 is 1.93 bits per heavy atom. The molecule has 2 aromatic carbocycles. The molecule has 9 heteroatoms. The Morgan fingerprint density at radius 2 is 1.40 bits per heavy atom. The number of ether oxygens (including phenoxy) is 3. The first kappa shape index (κ1) is 32.5. The number of nitrogens with one attached hydrogen (secondary N) is 1. The standard InChI is InChI=1S/C31H41NO8/c1-8-30(4,5)28(36)39-24-16-15-21(18-25(24)40-29(37)31(6,7)9-2)17-23(26(33)34)32-19-20(3)38-27(35)22-13-11-10-12-14-22/h10-16,18,20,23,32H,8-9,17,19H2,1-7H3,(H,33,34)/t20?,23-/m0/s1. The lowest BCUT2D eigenvalue weighted by Crippen LogP contribution is -2.42. The second-order valence-electron chi connectivity index (χ2n) is 11.1. The lowest BCUT2D eigenvalue weighted by molar-refractivity contribution is -0.147. The molecule has 0 aromatic heterocycles. The number of rotatable bonds is 14. The minimum absolute atomic E-state index is 0.0328. The quantitative estimate of drug-likeness (QED) is 0.239. The van der Waals surface area contributed by atoms with Gasteiger partial charge in [-0.3, -0.25) is 14.4 Å². The average Bonchev–Trinajstić information content (AvgIpc) is 2.92. The molecule has 0 fully saturated rings. The Hall–Kier alpha value is -3.72. The summed E-state index contributed by atoms with van der Waals surface area (Å²) in [7, 11) is 0. The molecular weight excluding hydrogens is 514 g/mol. The molecule has 0 aliphatic rings. The van der Waals surface area contributed by atoms with E-state index in [4.69, 9.17) is 14.2 Å². The van der Waals surface area contributed by atoms with Crippen molar-refractivity contribution in [3.63, 3.8) is 0 Å². The van der Waals surface area contributed by atoms with E-state index < -0.39 is 46.9 Å². The summed E-state index contributed by atoms with van der Waals surface area (Å²) in [6.45, 7) is 12.5. The number of benzene rings is 2. The van der Waals surface area contributed by atoms with E-state index in [2.05, 4.69) is 5.32 Å². The first-order chi connectivity index (χ1) is 18.7. The fourth-order valence-electron chi connectivity index (χ4n) is 3.27. The van der Waals surface area contributed by atoms with Crippen molar-refractivity contribution in [2.45, 2.75) is 79.9 Å². The molecule has 40 heavy (non-hydrogen) atoms. The Balaban J connectivity index is 2.21. The van der Waals surface area contributed by atoms with Crippen LogP contribution in [0.4, 0.5) is 0 Å². The van der Waals surface area contributed by atoms with E-state index in [-0.39, 0.29) is 24.5 Å². The largest absolute Gasteiger partial charge is 0.480 e. The predicted molar refractivity (Wildman–Crippen MR) is 150 cm³/mol. The normalized spacial score (nSPS) is 13.2. The van der Waals surface area contributed by atoms with E-state index in [0.29, 0.717) is 24.0 Å². The van der Waals surface area contributed by atoms with Crippen LogP contribution in [-0.2, 0) is 25.5 Å². The van der Waals surface area contributed by atoms with Gasteiger partial charge in [-0.2, -0.15) is 0 Å². The van der Waals surface area contributed by atoms with Crippen LogP contribution in [0.3, 0.4) is 0 Å². The van der Waals surface area contributed by atoms with E-state index >= 15 is 0 Å². The summed E-state index contributed by atoms with van der Waals surface area (Å²) < 4.78 is 16.7. The molecule has 0 saturated heterocycles. The second kappa shape index (κ2) is 14.1. The number of aliphatic carboxylic acids is 1. The summed E-state index contributed by atoms with van der Waals surface area (Å²) in [4.78, 5) is 49.9. The van der Waals surface area contributed by atoms with Gasteiger partial charge < -0.3 is 24.6 Å². The third kappa shape index (κ3) is 9.19. The van der Waals surface area contributed by atoms with Gasteiger partial charge in [-0.05, 0) is 83.7 Å². The van der Waals surface area contributed by atoms with Gasteiger partial charge in [0.05, 0.1) is 16.4 Å². The molecule has 2 atom stereocenters. The van der Waals surface area contributed by atoms with Crippen LogP contribution in [0.25, 0.3) is 0 Å². The van der Waals surface area contributed by atoms with E-state index in [0.717, 1.165) is 0 Å². The van der Waals surface area contributed by atoms with Gasteiger partial charge in [0.25, 0.3) is 0 Å². The summed E-state index contributed by atoms with van der Waals surface area (Å²) in [5.41, 5.74) is -0.582. The van der Waals surface area contributed by atoms with Gasteiger partial charge in [0.15, 0.2) is 11.5 Å². The molecule has 218 valence electrons. The molecule has 0 radical (unpaired) electrons. The zero-order valence-corrected chi connectivity index (χ0v) is 24.4. The van der Waals surface area contributed by atoms with Crippen LogP contribution in [0.1, 0.15) is 77.2 Å². The van der Waals surface area contributed by atoms with Crippen LogP contribution in [0.5, 0.6) is 11.5 Å². The number of hydrogen-bond acceptors (Lipinski definition) is 8. The summed E-state index contributed by atoms with van der Waals surface area (Å²) in [6, 6.07) is 12.1. The topological polar surface area (TPSA) is 128 Å². The SMILES string of the molecule is CCC(C)(C)C(=O)Oc1ccc(C[C@H](NCC(C)OC(=O)c2ccccc2)C(=O)O)cc1OC(=O)C(C)(C)CC. The van der Waals surface area contributed by atoms with Crippen molar-refractivity contribution in [3.8, 4) is 11.5 Å². The minimum Gasteiger partial charge on any atom is -0.480 e. The fraction of sp³-hybridized carbons (Fsp3) is 0.484. The van der Waals surface area contributed by atoms with Crippen LogP contribution in [0, 0.1) is 10.8 Å². The Labute approximate surface area is 236 Å². The molecule has 0 aliphatic carbocycles. The van der Waals surface area contributed by atoms with Crippen molar-refractivity contribution in [3.05, 3.63) is 59.7 Å². The minimum atomic E-state index is -1.10. The summed E-state index contributed by atoms with van der Waals surface area (Å²) in [6.07, 6.45) is 0.519. The maximum atomic E-state index is 12.9. The van der Waals surface area contributed by atoms with Gasteiger partial charge in [-0.1, -0.05) is 38.1 Å². The molecule has 2 aromatic rings. The molecule has 9 nitrogen and oxygen atoms in total. The maximum Gasteiger partial charge on any atom is 0.338 e. The number of hydrogen-bond donors (Lipinski definition) is 2. The van der Waals surface area contributed by atoms with Gasteiger partial charge in [0.2, 0.25) is 0 Å². The average molecular weight is 556 g/mol. The molecule has 0 aliphatic heterocycles. The zero-order valence-electron chi connectivity index (χ0n) is 24.4. The number of carboxylic acids is 1. The van der Waals surface area contributed by atoms with Crippen molar-refractivity contribution >= 4 is 23.9 Å². The van der Waals surface area contributed by atoms with E-state index in [1.807, 2.05) is 13.8 Å². The van der Waals surface area contributed by atoms with Gasteiger partial charge in [0.1, 0.15) is 12.1 Å². The van der Waals surface area contributed by atoms with Crippen molar-refractivity contribution in [2.75, 3.05) is 6.54 Å². The highest BCUT2D eigenvalue weighted by molar-refractivity contribution is 5.89. The van der Waals surface area contributed by atoms with Crippen molar-refractivity contribution in [2.24, 2.45) is 10.8 Å². The third-order valence-electron chi connectivity index (χ3n) is 6.99. The first-order valence-corrected chi connectivity index (χ1v) is 13.5. The van der Waals surface area contributed by atoms with Crippen molar-refractivity contribution in [1.82, 2.24) is 5.32 Å². The Bertz CT molecular complexity index is 1190. The molecule has 0 heterocycles. The van der Waals surface area contributed by atoms with Crippen LogP contribution >= 0.6 is 0 Å². The molecule has 0 spiro atoms. The monoisotopic (exact) mass is 555 g/mol. The number of carboxylic acid groups (broad SMARTS) is 1. The molecule has 0 amide bonds. The maximum absolute atomic E-state index is 12.9. The number of esters is 3. The second-order valence-corrected chi connectivity index (χ2v) is 11.1. The number of carbonyl (C=O) groups is 4. The predicted octanol–water partition coefficient (Wildman–Crippen LogP) is 5.20. The molecule has 2 rings (SSSR count). The van der Waals surface area contributed by atoms with E-state index in [9.17, 15) is 24.3 Å². The molecule has 0 saturated carbocycles. The molecule has 0 bridgehead atoms. The Kier molecular flexibility index (Phi) is 11.4. The van der Waals surface area contributed by atoms with Crippen LogP contribution in [0.2, 0.25) is 0 Å². The van der Waals surface area contributed by atoms with Crippen molar-refractivity contribution in [1.29, 1.82) is 0 Å². The fourth-order valence-corrected chi connectivity index (χ4v) is 3.27. The van der Waals surface area contributed by atoms with Crippen LogP contribution in [-0.4, -0.2) is 47.7 Å². The molecule has 1 unspecified atom stereocenters. The molecular formula is C31H41NO8. The van der Waals surface area contributed by atoms with E-state index in [1.54, 1.807) is 71.0 Å². The smallest absolute Gasteiger partial charge is 0.338 e. The van der Waals surface area contributed by atoms with Gasteiger partial charge in [-0.15, -0.1) is 0 Å². The van der Waals surface area contributed by atoms with Gasteiger partial charge in [-0.25, -0.2) is 4.79 Å². The Morgan fingerprint density at radius 1 is 0.850 bits per heavy atom. The lowest BCUT2D eigenvalue weighted by atomic mass is 9.90. The highest BCUT2D eigenvalue weighted by atomic mass is 16.6. The van der Waals surface area contributed by atoms with Crippen LogP contribution < -0.4 is 14.8 Å². The zero-order chi connectivity index (χ0) is 30.1. The van der Waals surface area contributed by atoms with E-state index in [1.165, 1.54) is 12.1 Å². The first-order valence-electron chi connectivity index (χ1n) is 13.5. The highest BCUT2D eigenvalue weighted by Gasteiger charge is 2.32. The third-order valence-corrected chi connectivity index (χ3v) is 6.99. The lowest BCUT2D eigenvalue weighted by Gasteiger charge is -2.24. The number of carbonyl (C=O) groups excluding carboxylic acids is 3. The van der Waals surface area contributed by atoms with Gasteiger partial charge in [0, 0.05) is 6.54 Å².